The van der Waals surface area contributed by atoms with Gasteiger partial charge in [0.1, 0.15) is 11.4 Å². The average molecular weight is 230 g/mol. The van der Waals surface area contributed by atoms with Crippen molar-refractivity contribution in [2.24, 2.45) is 9.98 Å². The van der Waals surface area contributed by atoms with Gasteiger partial charge in [0.25, 0.3) is 0 Å². The Morgan fingerprint density at radius 1 is 1.31 bits per heavy atom. The molecule has 0 amide bonds. The van der Waals surface area contributed by atoms with Crippen LogP contribution < -0.4 is 4.74 Å². The molecule has 0 aromatic heterocycles. The number of halogens is 3. The molecule has 16 heavy (non-hydrogen) atoms. The molecule has 0 saturated carbocycles. The Bertz CT molecular complexity index is 434. The smallest absolute Gasteiger partial charge is 0.416 e. The lowest BCUT2D eigenvalue weighted by Crippen LogP contribution is -2.04. The molecule has 0 spiro atoms. The van der Waals surface area contributed by atoms with E-state index >= 15 is 0 Å². The molecule has 0 heterocycles. The van der Waals surface area contributed by atoms with Crippen LogP contribution >= 0.6 is 0 Å². The lowest BCUT2D eigenvalue weighted by Gasteiger charge is -2.09. The van der Waals surface area contributed by atoms with Crippen LogP contribution in [0.15, 0.2) is 28.2 Å². The second kappa shape index (κ2) is 4.81. The number of rotatable bonds is 2. The molecule has 0 unspecified atom stereocenters. The van der Waals surface area contributed by atoms with E-state index in [4.69, 9.17) is 4.74 Å². The summed E-state index contributed by atoms with van der Waals surface area (Å²) >= 11 is 0. The molecule has 6 heteroatoms. The molecule has 1 aromatic carbocycles. The minimum atomic E-state index is -4.39. The van der Waals surface area contributed by atoms with Crippen LogP contribution in [-0.2, 0) is 6.18 Å². The van der Waals surface area contributed by atoms with E-state index in [-0.39, 0.29) is 11.4 Å². The van der Waals surface area contributed by atoms with E-state index in [1.54, 1.807) is 0 Å². The number of hydrogen-bond donors (Lipinski definition) is 0. The van der Waals surface area contributed by atoms with Crippen molar-refractivity contribution in [3.8, 4) is 5.75 Å². The van der Waals surface area contributed by atoms with E-state index in [0.29, 0.717) is 0 Å². The summed E-state index contributed by atoms with van der Waals surface area (Å²) in [6.07, 6.45) is -4.39. The molecule has 0 fully saturated rings. The maximum absolute atomic E-state index is 12.4. The maximum atomic E-state index is 12.4. The zero-order valence-electron chi connectivity index (χ0n) is 8.67. The number of nitrogens with zero attached hydrogens (tertiary/aromatic N) is 2. The number of ether oxygens (including phenoxy) is 1. The van der Waals surface area contributed by atoms with Crippen molar-refractivity contribution in [3.63, 3.8) is 0 Å². The van der Waals surface area contributed by atoms with Crippen molar-refractivity contribution in [1.29, 1.82) is 0 Å². The lowest BCUT2D eigenvalue weighted by atomic mass is 10.2. The number of alkyl halides is 3. The molecule has 3 nitrogen and oxygen atoms in total. The van der Waals surface area contributed by atoms with Crippen molar-refractivity contribution in [3.05, 3.63) is 23.8 Å². The predicted octanol–water partition coefficient (Wildman–Crippen LogP) is 3.15. The number of methoxy groups -OCH3 is 1. The summed E-state index contributed by atoms with van der Waals surface area (Å²) in [4.78, 5) is 7.19. The lowest BCUT2D eigenvalue weighted by molar-refractivity contribution is -0.137. The second-order valence-electron chi connectivity index (χ2n) is 2.82. The van der Waals surface area contributed by atoms with Gasteiger partial charge in [0.15, 0.2) is 0 Å². The van der Waals surface area contributed by atoms with E-state index in [1.807, 2.05) is 0 Å². The largest absolute Gasteiger partial charge is 0.494 e. The highest BCUT2D eigenvalue weighted by atomic mass is 19.4. The zero-order valence-corrected chi connectivity index (χ0v) is 8.67. The van der Waals surface area contributed by atoms with Crippen LogP contribution in [0.1, 0.15) is 5.56 Å². The fraction of sp³-hybridized carbons (Fsp3) is 0.300. The Balaban J connectivity index is 3.22. The van der Waals surface area contributed by atoms with E-state index in [9.17, 15) is 13.2 Å². The summed E-state index contributed by atoms with van der Waals surface area (Å²) in [5.41, 5.74) is -0.530. The van der Waals surface area contributed by atoms with Gasteiger partial charge in [-0.15, -0.1) is 0 Å². The van der Waals surface area contributed by atoms with E-state index < -0.39 is 11.7 Å². The minimum absolute atomic E-state index is 0.0333. The highest BCUT2D eigenvalue weighted by Gasteiger charge is 2.31. The molecular weight excluding hydrogens is 221 g/mol. The van der Waals surface area contributed by atoms with Gasteiger partial charge in [0.05, 0.1) is 18.7 Å². The van der Waals surface area contributed by atoms with Gasteiger partial charge in [-0.3, -0.25) is 0 Å². The number of hydrogen-bond acceptors (Lipinski definition) is 3. The van der Waals surface area contributed by atoms with Gasteiger partial charge in [-0.05, 0) is 18.2 Å². The first-order valence-electron chi connectivity index (χ1n) is 4.29. The van der Waals surface area contributed by atoms with Gasteiger partial charge in [-0.1, -0.05) is 0 Å². The van der Waals surface area contributed by atoms with Crippen molar-refractivity contribution in [2.45, 2.75) is 6.18 Å². The Kier molecular flexibility index (Phi) is 3.68. The van der Waals surface area contributed by atoms with Crippen LogP contribution in [0.5, 0.6) is 5.75 Å². The molecule has 0 atom stereocenters. The Labute approximate surface area is 90.3 Å². The molecule has 1 aromatic rings. The molecule has 0 N–H and O–H groups in total. The number of aliphatic imine (C=N–C) groups is 2. The van der Waals surface area contributed by atoms with Crippen molar-refractivity contribution >= 4 is 11.7 Å². The van der Waals surface area contributed by atoms with Crippen molar-refractivity contribution in [1.82, 2.24) is 0 Å². The Morgan fingerprint density at radius 3 is 2.50 bits per heavy atom. The normalized spacial score (nSPS) is 10.6. The van der Waals surface area contributed by atoms with Crippen LogP contribution in [0, 0.1) is 0 Å². The third-order valence-electron chi connectivity index (χ3n) is 1.78. The highest BCUT2D eigenvalue weighted by Crippen LogP contribution is 2.35. The maximum Gasteiger partial charge on any atom is 0.416 e. The van der Waals surface area contributed by atoms with Crippen LogP contribution in [0.4, 0.5) is 18.9 Å². The summed E-state index contributed by atoms with van der Waals surface area (Å²) in [6.45, 7) is 0. The SMILES string of the molecule is CN=C=Nc1ccc(C(F)(F)F)cc1OC. The van der Waals surface area contributed by atoms with Gasteiger partial charge < -0.3 is 4.74 Å². The summed E-state index contributed by atoms with van der Waals surface area (Å²) in [5.74, 6) is 0.0333. The molecule has 0 bridgehead atoms. The first-order valence-corrected chi connectivity index (χ1v) is 4.29. The van der Waals surface area contributed by atoms with Crippen molar-refractivity contribution < 1.29 is 17.9 Å². The molecule has 0 aliphatic heterocycles. The first kappa shape index (κ1) is 12.3. The van der Waals surface area contributed by atoms with Gasteiger partial charge in [0.2, 0.25) is 0 Å². The summed E-state index contributed by atoms with van der Waals surface area (Å²) in [7, 11) is 2.73. The second-order valence-corrected chi connectivity index (χ2v) is 2.82. The first-order chi connectivity index (χ1) is 7.49. The van der Waals surface area contributed by atoms with E-state index in [1.165, 1.54) is 20.2 Å². The standard InChI is InChI=1S/C10H9F3N2O/c1-14-6-15-8-4-3-7(10(11,12)13)5-9(8)16-2/h3-5H,1-2H3. The summed E-state index contributed by atoms with van der Waals surface area (Å²) in [6, 6.07) is 5.31. The molecular formula is C10H9F3N2O. The molecule has 0 aliphatic carbocycles. The van der Waals surface area contributed by atoms with Crippen LogP contribution in [0.25, 0.3) is 0 Å². The molecule has 1 rings (SSSR count). The molecule has 0 radical (unpaired) electrons. The fourth-order valence-corrected chi connectivity index (χ4v) is 1.05. The van der Waals surface area contributed by atoms with E-state index in [0.717, 1.165) is 12.1 Å². The predicted molar refractivity (Wildman–Crippen MR) is 53.4 cm³/mol. The summed E-state index contributed by atoms with van der Waals surface area (Å²) < 4.78 is 41.9. The minimum Gasteiger partial charge on any atom is -0.494 e. The van der Waals surface area contributed by atoms with Crippen molar-refractivity contribution in [2.75, 3.05) is 14.2 Å². The summed E-state index contributed by atoms with van der Waals surface area (Å²) in [5, 5.41) is 0. The zero-order chi connectivity index (χ0) is 12.2. The third kappa shape index (κ3) is 2.84. The Hall–Kier alpha value is -1.81. The average Bonchev–Trinajstić information content (AvgIpc) is 2.24. The molecule has 0 aliphatic rings. The third-order valence-corrected chi connectivity index (χ3v) is 1.78. The number of benzene rings is 1. The topological polar surface area (TPSA) is 34.0 Å². The monoisotopic (exact) mass is 230 g/mol. The van der Waals surface area contributed by atoms with E-state index in [2.05, 4.69) is 16.0 Å². The van der Waals surface area contributed by atoms with Crippen LogP contribution in [-0.4, -0.2) is 20.2 Å². The fourth-order valence-electron chi connectivity index (χ4n) is 1.05. The Morgan fingerprint density at radius 2 is 2.00 bits per heavy atom. The highest BCUT2D eigenvalue weighted by molar-refractivity contribution is 5.60. The molecule has 86 valence electrons. The van der Waals surface area contributed by atoms with Crippen LogP contribution in [0.2, 0.25) is 0 Å². The molecule has 0 saturated heterocycles. The van der Waals surface area contributed by atoms with Gasteiger partial charge >= 0.3 is 6.18 Å². The van der Waals surface area contributed by atoms with Gasteiger partial charge in [0, 0.05) is 7.05 Å². The van der Waals surface area contributed by atoms with Crippen LogP contribution in [0.3, 0.4) is 0 Å². The van der Waals surface area contributed by atoms with Gasteiger partial charge in [-0.25, -0.2) is 4.99 Å². The van der Waals surface area contributed by atoms with Gasteiger partial charge in [-0.2, -0.15) is 18.2 Å². The quantitative estimate of drug-likeness (QED) is 0.718.